The standard InChI is InChI=1S/C28H21NO3S/c1-20-15-17-22(18-16-20)33(31,32)29-26-14-8-7-12-24(26)23-11-5-6-13-25(23)28(30)27(29)19-21-9-3-2-4-10-21/h2-19H,1H3/b27-19+. The molecule has 5 heteroatoms. The first-order valence-corrected chi connectivity index (χ1v) is 12.0. The van der Waals surface area contributed by atoms with Crippen molar-refractivity contribution in [2.75, 3.05) is 4.31 Å². The van der Waals surface area contributed by atoms with Crippen LogP contribution in [0.2, 0.25) is 0 Å². The van der Waals surface area contributed by atoms with Gasteiger partial charge in [0.15, 0.2) is 0 Å². The molecule has 162 valence electrons. The van der Waals surface area contributed by atoms with Crippen LogP contribution in [0.25, 0.3) is 17.2 Å². The minimum Gasteiger partial charge on any atom is -0.287 e. The molecule has 0 aromatic heterocycles. The van der Waals surface area contributed by atoms with E-state index >= 15 is 0 Å². The molecule has 0 spiro atoms. The molecule has 4 aromatic carbocycles. The lowest BCUT2D eigenvalue weighted by molar-refractivity contribution is 0.103. The highest BCUT2D eigenvalue weighted by Crippen LogP contribution is 2.42. The fourth-order valence-electron chi connectivity index (χ4n) is 4.06. The Labute approximate surface area is 193 Å². The number of carbonyl (C=O) groups is 1. The zero-order chi connectivity index (χ0) is 23.0. The fourth-order valence-corrected chi connectivity index (χ4v) is 5.56. The van der Waals surface area contributed by atoms with Crippen LogP contribution in [0, 0.1) is 6.92 Å². The highest BCUT2D eigenvalue weighted by molar-refractivity contribution is 7.93. The molecule has 0 fully saturated rings. The van der Waals surface area contributed by atoms with Crippen molar-refractivity contribution in [2.45, 2.75) is 11.8 Å². The molecule has 1 aliphatic heterocycles. The molecule has 0 saturated heterocycles. The zero-order valence-corrected chi connectivity index (χ0v) is 18.8. The van der Waals surface area contributed by atoms with Crippen molar-refractivity contribution in [1.29, 1.82) is 0 Å². The number of hydrogen-bond donors (Lipinski definition) is 0. The Kier molecular flexibility index (Phi) is 5.19. The van der Waals surface area contributed by atoms with Crippen molar-refractivity contribution in [3.63, 3.8) is 0 Å². The van der Waals surface area contributed by atoms with E-state index in [-0.39, 0.29) is 16.4 Å². The molecule has 0 amide bonds. The van der Waals surface area contributed by atoms with Gasteiger partial charge in [0.1, 0.15) is 5.70 Å². The van der Waals surface area contributed by atoms with Crippen molar-refractivity contribution < 1.29 is 13.2 Å². The first-order chi connectivity index (χ1) is 16.0. The molecule has 0 saturated carbocycles. The Morgan fingerprint density at radius 1 is 0.667 bits per heavy atom. The number of aryl methyl sites for hydroxylation is 1. The number of hydrogen-bond acceptors (Lipinski definition) is 3. The van der Waals surface area contributed by atoms with Gasteiger partial charge in [0, 0.05) is 11.1 Å². The number of Topliss-reactive ketones (excluding diaryl/α,β-unsaturated/α-hetero) is 1. The fraction of sp³-hybridized carbons (Fsp3) is 0.0357. The minimum atomic E-state index is -4.09. The summed E-state index contributed by atoms with van der Waals surface area (Å²) in [6, 6.07) is 30.4. The molecular formula is C28H21NO3S. The van der Waals surface area contributed by atoms with Gasteiger partial charge in [-0.25, -0.2) is 12.7 Å². The van der Waals surface area contributed by atoms with Gasteiger partial charge in [-0.2, -0.15) is 0 Å². The first-order valence-electron chi connectivity index (χ1n) is 10.6. The van der Waals surface area contributed by atoms with Crippen LogP contribution in [0.1, 0.15) is 21.5 Å². The van der Waals surface area contributed by atoms with Crippen molar-refractivity contribution in [1.82, 2.24) is 0 Å². The van der Waals surface area contributed by atoms with E-state index in [1.54, 1.807) is 54.6 Å². The molecule has 4 nitrogen and oxygen atoms in total. The van der Waals surface area contributed by atoms with Crippen LogP contribution >= 0.6 is 0 Å². The normalized spacial score (nSPS) is 14.5. The molecule has 4 aromatic rings. The smallest absolute Gasteiger partial charge is 0.268 e. The van der Waals surface area contributed by atoms with E-state index in [2.05, 4.69) is 0 Å². The summed E-state index contributed by atoms with van der Waals surface area (Å²) < 4.78 is 29.3. The summed E-state index contributed by atoms with van der Waals surface area (Å²) in [5.74, 6) is -0.346. The van der Waals surface area contributed by atoms with E-state index in [1.165, 1.54) is 4.31 Å². The molecule has 1 aliphatic rings. The highest BCUT2D eigenvalue weighted by Gasteiger charge is 2.37. The quantitative estimate of drug-likeness (QED) is 0.354. The Morgan fingerprint density at radius 3 is 1.94 bits per heavy atom. The summed E-state index contributed by atoms with van der Waals surface area (Å²) in [7, 11) is -4.09. The van der Waals surface area contributed by atoms with Crippen LogP contribution in [-0.2, 0) is 10.0 Å². The van der Waals surface area contributed by atoms with Crippen molar-refractivity contribution in [3.05, 3.63) is 126 Å². The number of rotatable bonds is 3. The molecule has 0 bridgehead atoms. The number of carbonyl (C=O) groups excluding carboxylic acids is 1. The van der Waals surface area contributed by atoms with E-state index in [0.717, 1.165) is 11.1 Å². The van der Waals surface area contributed by atoms with Crippen molar-refractivity contribution >= 4 is 27.6 Å². The molecule has 0 unspecified atom stereocenters. The number of ketones is 1. The number of allylic oxidation sites excluding steroid dienone is 1. The molecule has 5 rings (SSSR count). The van der Waals surface area contributed by atoms with E-state index in [1.807, 2.05) is 61.5 Å². The van der Waals surface area contributed by atoms with Crippen LogP contribution in [0.4, 0.5) is 5.69 Å². The molecule has 0 radical (unpaired) electrons. The van der Waals surface area contributed by atoms with Gasteiger partial charge < -0.3 is 0 Å². The average Bonchev–Trinajstić information content (AvgIpc) is 2.94. The maximum atomic E-state index is 14.0. The number of para-hydroxylation sites is 1. The number of sulfonamides is 1. The third-order valence-corrected chi connectivity index (χ3v) is 7.44. The SMILES string of the molecule is Cc1ccc(S(=O)(=O)N2/C(=C/c3ccccc3)C(=O)c3ccccc3-c3ccccc32)cc1. The second-order valence-electron chi connectivity index (χ2n) is 7.91. The number of anilines is 1. The predicted octanol–water partition coefficient (Wildman–Crippen LogP) is 6.09. The van der Waals surface area contributed by atoms with E-state index in [0.29, 0.717) is 22.4 Å². The zero-order valence-electron chi connectivity index (χ0n) is 18.0. The molecule has 33 heavy (non-hydrogen) atoms. The third kappa shape index (κ3) is 3.66. The summed E-state index contributed by atoms with van der Waals surface area (Å²) in [5.41, 5.74) is 4.08. The van der Waals surface area contributed by atoms with Gasteiger partial charge in [-0.3, -0.25) is 4.79 Å². The van der Waals surface area contributed by atoms with Crippen LogP contribution < -0.4 is 4.31 Å². The van der Waals surface area contributed by atoms with Crippen LogP contribution in [0.15, 0.2) is 114 Å². The van der Waals surface area contributed by atoms with Crippen molar-refractivity contribution in [2.24, 2.45) is 0 Å². The van der Waals surface area contributed by atoms with Gasteiger partial charge in [-0.05, 0) is 42.3 Å². The van der Waals surface area contributed by atoms with E-state index < -0.39 is 10.0 Å². The highest BCUT2D eigenvalue weighted by atomic mass is 32.2. The van der Waals surface area contributed by atoms with E-state index in [9.17, 15) is 13.2 Å². The van der Waals surface area contributed by atoms with Gasteiger partial charge in [-0.1, -0.05) is 90.5 Å². The molecule has 0 atom stereocenters. The van der Waals surface area contributed by atoms with Crippen LogP contribution in [-0.4, -0.2) is 14.2 Å². The lowest BCUT2D eigenvalue weighted by Crippen LogP contribution is -2.33. The predicted molar refractivity (Wildman–Crippen MR) is 131 cm³/mol. The minimum absolute atomic E-state index is 0.0826. The van der Waals surface area contributed by atoms with Gasteiger partial charge in [0.05, 0.1) is 10.6 Å². The number of fused-ring (bicyclic) bond motifs is 3. The monoisotopic (exact) mass is 451 g/mol. The van der Waals surface area contributed by atoms with Gasteiger partial charge >= 0.3 is 0 Å². The summed E-state index contributed by atoms with van der Waals surface area (Å²) in [4.78, 5) is 14.0. The summed E-state index contributed by atoms with van der Waals surface area (Å²) in [6.45, 7) is 1.90. The maximum absolute atomic E-state index is 14.0. The Morgan fingerprint density at radius 2 is 1.24 bits per heavy atom. The third-order valence-electron chi connectivity index (χ3n) is 5.70. The summed E-state index contributed by atoms with van der Waals surface area (Å²) in [6.07, 6.45) is 1.65. The summed E-state index contributed by atoms with van der Waals surface area (Å²) >= 11 is 0. The van der Waals surface area contributed by atoms with Crippen LogP contribution in [0.5, 0.6) is 0 Å². The maximum Gasteiger partial charge on any atom is 0.268 e. The Balaban J connectivity index is 1.85. The van der Waals surface area contributed by atoms with Gasteiger partial charge in [-0.15, -0.1) is 0 Å². The molecule has 1 heterocycles. The van der Waals surface area contributed by atoms with Crippen molar-refractivity contribution in [3.8, 4) is 11.1 Å². The first kappa shape index (κ1) is 20.9. The molecular weight excluding hydrogens is 430 g/mol. The van der Waals surface area contributed by atoms with Crippen LogP contribution in [0.3, 0.4) is 0 Å². The number of benzene rings is 4. The molecule has 0 N–H and O–H groups in total. The van der Waals surface area contributed by atoms with Gasteiger partial charge in [0.25, 0.3) is 10.0 Å². The average molecular weight is 452 g/mol. The Hall–Kier alpha value is -3.96. The second kappa shape index (κ2) is 8.19. The van der Waals surface area contributed by atoms with E-state index in [4.69, 9.17) is 0 Å². The lowest BCUT2D eigenvalue weighted by atomic mass is 9.96. The largest absolute Gasteiger partial charge is 0.287 e. The molecule has 0 aliphatic carbocycles. The van der Waals surface area contributed by atoms with Gasteiger partial charge in [0.2, 0.25) is 5.78 Å². The second-order valence-corrected chi connectivity index (χ2v) is 9.70. The topological polar surface area (TPSA) is 54.5 Å². The lowest BCUT2D eigenvalue weighted by Gasteiger charge is -2.26. The Bertz CT molecular complexity index is 1490. The summed E-state index contributed by atoms with van der Waals surface area (Å²) in [5, 5.41) is 0. The number of nitrogens with zero attached hydrogens (tertiary/aromatic N) is 1.